The maximum atomic E-state index is 12.6. The maximum absolute atomic E-state index is 12.6. The topological polar surface area (TPSA) is 80.5 Å². The van der Waals surface area contributed by atoms with Gasteiger partial charge in [-0.15, -0.1) is 24.8 Å². The fourth-order valence-corrected chi connectivity index (χ4v) is 4.68. The lowest BCUT2D eigenvalue weighted by Gasteiger charge is -2.32. The zero-order chi connectivity index (χ0) is 21.4. The van der Waals surface area contributed by atoms with Crippen LogP contribution in [0.5, 0.6) is 0 Å². The van der Waals surface area contributed by atoms with Crippen molar-refractivity contribution < 1.29 is 9.59 Å². The summed E-state index contributed by atoms with van der Waals surface area (Å²) in [6.07, 6.45) is 5.54. The van der Waals surface area contributed by atoms with E-state index >= 15 is 0 Å². The summed E-state index contributed by atoms with van der Waals surface area (Å²) in [6.45, 7) is 6.03. The van der Waals surface area contributed by atoms with E-state index < -0.39 is 0 Å². The second-order valence-electron chi connectivity index (χ2n) is 8.92. The van der Waals surface area contributed by atoms with Gasteiger partial charge in [-0.3, -0.25) is 14.5 Å². The largest absolute Gasteiger partial charge is 0.361 e. The van der Waals surface area contributed by atoms with E-state index in [2.05, 4.69) is 44.6 Å². The van der Waals surface area contributed by atoms with Crippen LogP contribution in [0.2, 0.25) is 0 Å². The Bertz CT molecular complexity index is 1040. The van der Waals surface area contributed by atoms with Gasteiger partial charge in [0, 0.05) is 68.3 Å². The highest BCUT2D eigenvalue weighted by Crippen LogP contribution is 2.34. The van der Waals surface area contributed by atoms with Gasteiger partial charge in [-0.05, 0) is 55.3 Å². The highest BCUT2D eigenvalue weighted by atomic mass is 35.5. The molecule has 178 valence electrons. The van der Waals surface area contributed by atoms with Crippen molar-refractivity contribution in [3.8, 4) is 0 Å². The number of piperazine rings is 1. The number of amides is 2. The predicted molar refractivity (Wildman–Crippen MR) is 136 cm³/mol. The Kier molecular flexibility index (Phi) is 8.23. The Morgan fingerprint density at radius 2 is 1.85 bits per heavy atom. The first-order valence-electron chi connectivity index (χ1n) is 11.1. The zero-order valence-corrected chi connectivity index (χ0v) is 20.4. The molecule has 4 heterocycles. The minimum atomic E-state index is -0.0824. The van der Waals surface area contributed by atoms with E-state index in [0.29, 0.717) is 12.0 Å². The van der Waals surface area contributed by atoms with Crippen LogP contribution in [0, 0.1) is 5.92 Å². The van der Waals surface area contributed by atoms with Crippen molar-refractivity contribution in [2.75, 3.05) is 45.1 Å². The van der Waals surface area contributed by atoms with Gasteiger partial charge >= 0.3 is 0 Å². The minimum absolute atomic E-state index is 0. The third-order valence-corrected chi connectivity index (χ3v) is 6.58. The van der Waals surface area contributed by atoms with Crippen LogP contribution >= 0.6 is 24.8 Å². The first-order chi connectivity index (χ1) is 15.0. The highest BCUT2D eigenvalue weighted by molar-refractivity contribution is 6.34. The number of rotatable bonds is 5. The number of carbonyl (C=O) groups excluding carboxylic acids is 2. The van der Waals surface area contributed by atoms with Crippen molar-refractivity contribution >= 4 is 54.0 Å². The van der Waals surface area contributed by atoms with Gasteiger partial charge in [-0.25, -0.2) is 0 Å². The van der Waals surface area contributed by atoms with Gasteiger partial charge in [0.1, 0.15) is 0 Å². The summed E-state index contributed by atoms with van der Waals surface area (Å²) in [4.78, 5) is 32.7. The number of hydrogen-bond donors (Lipinski definition) is 3. The summed E-state index contributed by atoms with van der Waals surface area (Å²) in [5.74, 6) is 0.0711. The number of aromatic amines is 1. The maximum Gasteiger partial charge on any atom is 0.256 e. The molecule has 3 N–H and O–H groups in total. The van der Waals surface area contributed by atoms with Crippen molar-refractivity contribution in [1.29, 1.82) is 0 Å². The SMILES string of the molecule is CN1CCN(Cc2c[nH]c(C=C3C(=O)Nc4ccc(CC5CCNC5=O)cc43)c2)CC1.Cl.Cl. The van der Waals surface area contributed by atoms with Gasteiger partial charge in [0.2, 0.25) is 5.91 Å². The summed E-state index contributed by atoms with van der Waals surface area (Å²) in [6, 6.07) is 8.14. The van der Waals surface area contributed by atoms with E-state index in [4.69, 9.17) is 0 Å². The first kappa shape index (κ1) is 25.3. The molecule has 0 saturated carbocycles. The van der Waals surface area contributed by atoms with Crippen molar-refractivity contribution in [3.63, 3.8) is 0 Å². The van der Waals surface area contributed by atoms with Gasteiger partial charge < -0.3 is 20.5 Å². The van der Waals surface area contributed by atoms with Crippen LogP contribution in [-0.2, 0) is 22.6 Å². The number of H-pyrrole nitrogens is 1. The molecule has 33 heavy (non-hydrogen) atoms. The monoisotopic (exact) mass is 491 g/mol. The Hall–Kier alpha value is -2.32. The van der Waals surface area contributed by atoms with Crippen LogP contribution in [0.1, 0.15) is 28.8 Å². The van der Waals surface area contributed by atoms with Gasteiger partial charge in [-0.1, -0.05) is 6.07 Å². The molecule has 1 unspecified atom stereocenters. The molecule has 1 aromatic carbocycles. The number of fused-ring (bicyclic) bond motifs is 1. The summed E-state index contributed by atoms with van der Waals surface area (Å²) >= 11 is 0. The summed E-state index contributed by atoms with van der Waals surface area (Å²) < 4.78 is 0. The Labute approximate surface area is 206 Å². The molecule has 5 rings (SSSR count). The van der Waals surface area contributed by atoms with Gasteiger partial charge in [0.15, 0.2) is 0 Å². The van der Waals surface area contributed by atoms with E-state index in [-0.39, 0.29) is 42.5 Å². The van der Waals surface area contributed by atoms with Crippen LogP contribution in [0.25, 0.3) is 11.6 Å². The lowest BCUT2D eigenvalue weighted by Crippen LogP contribution is -2.43. The van der Waals surface area contributed by atoms with Crippen LogP contribution in [0.4, 0.5) is 5.69 Å². The molecule has 3 aliphatic rings. The van der Waals surface area contributed by atoms with Crippen LogP contribution in [-0.4, -0.2) is 66.4 Å². The molecular formula is C24H31Cl2N5O2. The van der Waals surface area contributed by atoms with Crippen molar-refractivity contribution in [3.05, 3.63) is 52.8 Å². The number of nitrogens with one attached hydrogen (secondary N) is 3. The second kappa shape index (κ2) is 10.7. The fourth-order valence-electron chi connectivity index (χ4n) is 4.68. The first-order valence-corrected chi connectivity index (χ1v) is 11.1. The summed E-state index contributed by atoms with van der Waals surface area (Å²) in [5.41, 5.74) is 5.67. The van der Waals surface area contributed by atoms with Crippen molar-refractivity contribution in [2.45, 2.75) is 19.4 Å². The number of aromatic nitrogens is 1. The number of carbonyl (C=O) groups is 2. The van der Waals surface area contributed by atoms with E-state index in [1.165, 1.54) is 5.56 Å². The average molecular weight is 492 g/mol. The Balaban J connectivity index is 0.00000153. The van der Waals surface area contributed by atoms with E-state index in [1.807, 2.05) is 24.4 Å². The molecule has 9 heteroatoms. The molecule has 0 spiro atoms. The normalized spacial score (nSPS) is 21.8. The molecule has 7 nitrogen and oxygen atoms in total. The van der Waals surface area contributed by atoms with E-state index in [9.17, 15) is 9.59 Å². The molecule has 1 aromatic heterocycles. The number of anilines is 1. The highest BCUT2D eigenvalue weighted by Gasteiger charge is 2.27. The third-order valence-electron chi connectivity index (χ3n) is 6.58. The average Bonchev–Trinajstić information content (AvgIpc) is 3.45. The lowest BCUT2D eigenvalue weighted by molar-refractivity contribution is -0.122. The molecule has 0 aliphatic carbocycles. The van der Waals surface area contributed by atoms with Crippen molar-refractivity contribution in [2.24, 2.45) is 5.92 Å². The standard InChI is InChI=1S/C24H29N5O2.2ClH/c1-28-6-8-29(9-7-28)15-17-11-19(26-14-17)13-21-20-12-16(2-3-22(20)27-24(21)31)10-18-4-5-25-23(18)30;;/h2-3,11-14,18,26H,4-10,15H2,1H3,(H,25,30)(H,27,31);2*1H. The number of hydrogen-bond acceptors (Lipinski definition) is 4. The smallest absolute Gasteiger partial charge is 0.256 e. The molecule has 0 bridgehead atoms. The molecule has 2 saturated heterocycles. The predicted octanol–water partition coefficient (Wildman–Crippen LogP) is 2.78. The third kappa shape index (κ3) is 5.61. The van der Waals surface area contributed by atoms with Crippen LogP contribution < -0.4 is 10.6 Å². The Morgan fingerprint density at radius 3 is 2.58 bits per heavy atom. The molecule has 3 aliphatic heterocycles. The van der Waals surface area contributed by atoms with Crippen molar-refractivity contribution in [1.82, 2.24) is 20.1 Å². The van der Waals surface area contributed by atoms with Gasteiger partial charge in [-0.2, -0.15) is 0 Å². The van der Waals surface area contributed by atoms with Gasteiger partial charge in [0.05, 0.1) is 5.57 Å². The zero-order valence-electron chi connectivity index (χ0n) is 18.7. The molecule has 2 fully saturated rings. The number of likely N-dealkylation sites (N-methyl/N-ethyl adjacent to an activating group) is 1. The molecule has 2 aromatic rings. The molecular weight excluding hydrogens is 461 g/mol. The number of nitrogens with zero attached hydrogens (tertiary/aromatic N) is 2. The van der Waals surface area contributed by atoms with E-state index in [0.717, 1.165) is 68.2 Å². The number of halogens is 2. The number of benzene rings is 1. The fraction of sp³-hybridized carbons (Fsp3) is 0.417. The van der Waals surface area contributed by atoms with Gasteiger partial charge in [0.25, 0.3) is 5.91 Å². The minimum Gasteiger partial charge on any atom is -0.361 e. The second-order valence-corrected chi connectivity index (χ2v) is 8.92. The molecule has 0 radical (unpaired) electrons. The quantitative estimate of drug-likeness (QED) is 0.561. The Morgan fingerprint density at radius 1 is 1.06 bits per heavy atom. The summed E-state index contributed by atoms with van der Waals surface area (Å²) in [7, 11) is 2.16. The van der Waals surface area contributed by atoms with Crippen LogP contribution in [0.3, 0.4) is 0 Å². The lowest BCUT2D eigenvalue weighted by atomic mass is 9.95. The van der Waals surface area contributed by atoms with Crippen LogP contribution in [0.15, 0.2) is 30.5 Å². The molecule has 2 amide bonds. The molecule has 1 atom stereocenters. The summed E-state index contributed by atoms with van der Waals surface area (Å²) in [5, 5.41) is 5.86. The van der Waals surface area contributed by atoms with E-state index in [1.54, 1.807) is 0 Å².